The van der Waals surface area contributed by atoms with Gasteiger partial charge in [0.1, 0.15) is 11.3 Å². The number of aromatic nitrogens is 4. The molecule has 4 N–H and O–H groups in total. The maximum absolute atomic E-state index is 13.4. The summed E-state index contributed by atoms with van der Waals surface area (Å²) in [5.41, 5.74) is 15.4. The molecule has 3 heterocycles. The largest absolute Gasteiger partial charge is 0.382 e. The fourth-order valence-corrected chi connectivity index (χ4v) is 4.66. The van der Waals surface area contributed by atoms with E-state index in [0.29, 0.717) is 23.1 Å². The third kappa shape index (κ3) is 6.96. The Morgan fingerprint density at radius 1 is 1.12 bits per heavy atom. The van der Waals surface area contributed by atoms with Crippen molar-refractivity contribution in [2.24, 2.45) is 17.8 Å². The van der Waals surface area contributed by atoms with Crippen LogP contribution in [0.4, 0.5) is 11.6 Å². The average Bonchev–Trinajstić information content (AvgIpc) is 3.55. The molecule has 0 bridgehead atoms. The molecule has 2 aromatic carbocycles. The predicted molar refractivity (Wildman–Crippen MR) is 173 cm³/mol. The topological polar surface area (TPSA) is 134 Å². The maximum atomic E-state index is 13.4. The van der Waals surface area contributed by atoms with Gasteiger partial charge in [-0.25, -0.2) is 14.7 Å². The minimum atomic E-state index is -0.0320. The summed E-state index contributed by atoms with van der Waals surface area (Å²) < 4.78 is 3.24. The molecular weight excluding hydrogens is 546 g/mol. The van der Waals surface area contributed by atoms with E-state index in [-0.39, 0.29) is 11.4 Å². The molecule has 42 heavy (non-hydrogen) atoms. The van der Waals surface area contributed by atoms with E-state index >= 15 is 0 Å². The van der Waals surface area contributed by atoms with E-state index < -0.39 is 0 Å². The molecule has 9 nitrogen and oxygen atoms in total. The van der Waals surface area contributed by atoms with Crippen LogP contribution in [0.1, 0.15) is 39.1 Å². The lowest BCUT2D eigenvalue weighted by Crippen LogP contribution is -2.22. The zero-order chi connectivity index (χ0) is 30.6. The molecule has 0 aliphatic rings. The van der Waals surface area contributed by atoms with Gasteiger partial charge < -0.3 is 11.5 Å². The summed E-state index contributed by atoms with van der Waals surface area (Å²) in [5, 5.41) is 5.42. The Morgan fingerprint density at radius 2 is 1.86 bits per heavy atom. The number of thiazole rings is 1. The molecule has 214 valence electrons. The van der Waals surface area contributed by atoms with Crippen molar-refractivity contribution in [1.82, 2.24) is 19.3 Å². The molecule has 0 aliphatic carbocycles. The zero-order valence-electron chi connectivity index (χ0n) is 24.0. The summed E-state index contributed by atoms with van der Waals surface area (Å²) in [4.78, 5) is 33.4. The lowest BCUT2D eigenvalue weighted by molar-refractivity contribution is 0.112. The molecule has 0 spiro atoms. The third-order valence-electron chi connectivity index (χ3n) is 6.06. The van der Waals surface area contributed by atoms with Gasteiger partial charge in [0.25, 0.3) is 5.56 Å². The Morgan fingerprint density at radius 3 is 2.48 bits per heavy atom. The molecule has 10 heteroatoms. The van der Waals surface area contributed by atoms with Gasteiger partial charge in [-0.2, -0.15) is 5.10 Å². The number of nitrogen functional groups attached to an aromatic ring is 1. The predicted octanol–water partition coefficient (Wildman–Crippen LogP) is 5.00. The SMILES string of the molecule is C=C/C=N\c1c(C=O)c(N)nn1C.CCc1cc2cccc(C#Cc3ncsc3C)c2c(=O)n1-c1ccccc1.CN. The number of aliphatic imine (C=N–C) groups is 1. The molecular formula is C32H33N7O2S. The van der Waals surface area contributed by atoms with Crippen LogP contribution in [0.2, 0.25) is 0 Å². The number of hydrogen-bond donors (Lipinski definition) is 2. The number of carbonyl (C=O) groups is 1. The second-order valence-corrected chi connectivity index (χ2v) is 9.68. The fourth-order valence-electron chi connectivity index (χ4n) is 4.13. The Kier molecular flexibility index (Phi) is 11.3. The first-order valence-electron chi connectivity index (χ1n) is 13.0. The number of para-hydroxylation sites is 1. The quantitative estimate of drug-likeness (QED) is 0.171. The fraction of sp³-hybridized carbons (Fsp3) is 0.156. The van der Waals surface area contributed by atoms with Crippen molar-refractivity contribution in [3.8, 4) is 17.5 Å². The molecule has 3 aromatic heterocycles. The van der Waals surface area contributed by atoms with Gasteiger partial charge in [-0.05, 0) is 56.0 Å². The standard InChI is InChI=1S/C23H18N2OS.C8H10N4O.CH5N/c1-3-19-14-18-9-7-8-17(12-13-21-16(2)27-15-24-21)22(18)23(26)25(19)20-10-5-4-6-11-20;1-3-4-10-8-6(5-13)7(9)11-12(8)2;1-2/h4-11,14-15H,3H2,1-2H3;3-5H,1H2,2H3,(H2,9,11);2H2,1H3/b;10-4-;. The summed E-state index contributed by atoms with van der Waals surface area (Å²) in [7, 11) is 3.17. The van der Waals surface area contributed by atoms with Crippen LogP contribution < -0.4 is 17.0 Å². The van der Waals surface area contributed by atoms with E-state index in [1.54, 1.807) is 28.5 Å². The van der Waals surface area contributed by atoms with Crippen molar-refractivity contribution in [3.63, 3.8) is 0 Å². The van der Waals surface area contributed by atoms with Crippen LogP contribution in [0.3, 0.4) is 0 Å². The van der Waals surface area contributed by atoms with Crippen LogP contribution in [0.5, 0.6) is 0 Å². The maximum Gasteiger partial charge on any atom is 0.264 e. The normalized spacial score (nSPS) is 10.2. The van der Waals surface area contributed by atoms with Crippen LogP contribution >= 0.6 is 11.3 Å². The van der Waals surface area contributed by atoms with Crippen molar-refractivity contribution in [3.05, 3.63) is 111 Å². The highest BCUT2D eigenvalue weighted by Crippen LogP contribution is 2.22. The van der Waals surface area contributed by atoms with E-state index in [1.165, 1.54) is 24.0 Å². The lowest BCUT2D eigenvalue weighted by Gasteiger charge is -2.14. The van der Waals surface area contributed by atoms with Crippen LogP contribution in [0.15, 0.2) is 82.5 Å². The van der Waals surface area contributed by atoms with Crippen molar-refractivity contribution in [1.29, 1.82) is 0 Å². The summed E-state index contributed by atoms with van der Waals surface area (Å²) in [6, 6.07) is 17.7. The number of nitrogens with two attached hydrogens (primary N) is 2. The number of aldehydes is 1. The van der Waals surface area contributed by atoms with Gasteiger partial charge in [0.15, 0.2) is 17.9 Å². The van der Waals surface area contributed by atoms with E-state index in [9.17, 15) is 9.59 Å². The van der Waals surface area contributed by atoms with Gasteiger partial charge in [0, 0.05) is 35.1 Å². The highest BCUT2D eigenvalue weighted by atomic mass is 32.1. The van der Waals surface area contributed by atoms with Gasteiger partial charge in [-0.1, -0.05) is 55.8 Å². The number of carbonyl (C=O) groups excluding carboxylic acids is 1. The monoisotopic (exact) mass is 579 g/mol. The Hall–Kier alpha value is -5.11. The molecule has 0 unspecified atom stereocenters. The number of allylic oxidation sites excluding steroid dienone is 1. The number of aryl methyl sites for hydroxylation is 3. The second-order valence-electron chi connectivity index (χ2n) is 8.62. The summed E-state index contributed by atoms with van der Waals surface area (Å²) in [6.45, 7) is 7.53. The summed E-state index contributed by atoms with van der Waals surface area (Å²) in [6.07, 6.45) is 4.40. The number of rotatable bonds is 5. The molecule has 5 rings (SSSR count). The summed E-state index contributed by atoms with van der Waals surface area (Å²) in [5.74, 6) is 6.91. The molecule has 0 saturated carbocycles. The highest BCUT2D eigenvalue weighted by Gasteiger charge is 2.13. The molecule has 0 saturated heterocycles. The third-order valence-corrected chi connectivity index (χ3v) is 6.82. The van der Waals surface area contributed by atoms with E-state index in [1.807, 2.05) is 55.5 Å². The van der Waals surface area contributed by atoms with Crippen molar-refractivity contribution < 1.29 is 4.79 Å². The smallest absolute Gasteiger partial charge is 0.264 e. The van der Waals surface area contributed by atoms with Crippen molar-refractivity contribution in [2.45, 2.75) is 20.3 Å². The number of nitrogens with zero attached hydrogens (tertiary/aromatic N) is 5. The molecule has 0 fully saturated rings. The van der Waals surface area contributed by atoms with Gasteiger partial charge in [0.2, 0.25) is 0 Å². The van der Waals surface area contributed by atoms with Gasteiger partial charge in [0.05, 0.1) is 10.9 Å². The molecule has 0 atom stereocenters. The van der Waals surface area contributed by atoms with Crippen LogP contribution in [-0.4, -0.2) is 38.9 Å². The molecule has 0 radical (unpaired) electrons. The first-order valence-corrected chi connectivity index (χ1v) is 13.9. The number of hydrogen-bond acceptors (Lipinski definition) is 8. The van der Waals surface area contributed by atoms with E-state index in [4.69, 9.17) is 5.73 Å². The molecule has 0 amide bonds. The first kappa shape index (κ1) is 31.4. The van der Waals surface area contributed by atoms with Gasteiger partial charge >= 0.3 is 0 Å². The van der Waals surface area contributed by atoms with E-state index in [2.05, 4.69) is 52.2 Å². The summed E-state index contributed by atoms with van der Waals surface area (Å²) >= 11 is 1.57. The number of benzene rings is 2. The molecule has 0 aliphatic heterocycles. The number of fused-ring (bicyclic) bond motifs is 1. The lowest BCUT2D eigenvalue weighted by atomic mass is 10.0. The Bertz CT molecular complexity index is 1840. The van der Waals surface area contributed by atoms with Crippen LogP contribution in [0.25, 0.3) is 16.5 Å². The number of anilines is 1. The molecule has 5 aromatic rings. The minimum Gasteiger partial charge on any atom is -0.382 e. The average molecular weight is 580 g/mol. The van der Waals surface area contributed by atoms with Crippen molar-refractivity contribution >= 4 is 46.2 Å². The first-order chi connectivity index (χ1) is 20.4. The minimum absolute atomic E-state index is 0.0320. The van der Waals surface area contributed by atoms with Crippen LogP contribution in [0, 0.1) is 18.8 Å². The zero-order valence-corrected chi connectivity index (χ0v) is 24.9. The Balaban J connectivity index is 0.000000272. The Labute approximate surface area is 248 Å². The van der Waals surface area contributed by atoms with E-state index in [0.717, 1.165) is 39.3 Å². The highest BCUT2D eigenvalue weighted by molar-refractivity contribution is 7.09. The van der Waals surface area contributed by atoms with Gasteiger partial charge in [-0.15, -0.1) is 11.3 Å². The van der Waals surface area contributed by atoms with Gasteiger partial charge in [-0.3, -0.25) is 14.2 Å². The van der Waals surface area contributed by atoms with Crippen LogP contribution in [-0.2, 0) is 13.5 Å². The van der Waals surface area contributed by atoms with Crippen molar-refractivity contribution in [2.75, 3.05) is 12.8 Å². The second kappa shape index (κ2) is 15.0. The number of pyridine rings is 1.